The Hall–Kier alpha value is -1.55. The molecule has 2 heterocycles. The van der Waals surface area contributed by atoms with E-state index in [1.165, 1.54) is 11.1 Å². The fourth-order valence-corrected chi connectivity index (χ4v) is 3.90. The van der Waals surface area contributed by atoms with E-state index in [1.54, 1.807) is 4.90 Å². The van der Waals surface area contributed by atoms with Gasteiger partial charge in [0.15, 0.2) is 5.96 Å². The van der Waals surface area contributed by atoms with Gasteiger partial charge >= 0.3 is 6.09 Å². The van der Waals surface area contributed by atoms with Crippen molar-refractivity contribution in [3.63, 3.8) is 0 Å². The normalized spacial score (nSPS) is 17.4. The number of carbonyl (C=O) groups excluding carboxylic acids is 1. The molecule has 0 radical (unpaired) electrons. The number of hydrogen-bond acceptors (Lipinski definition) is 4. The van der Waals surface area contributed by atoms with E-state index < -0.39 is 0 Å². The van der Waals surface area contributed by atoms with Gasteiger partial charge in [0, 0.05) is 59.4 Å². The number of carbonyl (C=O) groups is 1. The molecule has 2 aliphatic rings. The number of amides is 1. The van der Waals surface area contributed by atoms with Crippen LogP contribution in [0.1, 0.15) is 24.5 Å². The van der Waals surface area contributed by atoms with Gasteiger partial charge in [0.25, 0.3) is 0 Å². The Morgan fingerprint density at radius 2 is 1.79 bits per heavy atom. The van der Waals surface area contributed by atoms with Crippen molar-refractivity contribution >= 4 is 36.0 Å². The number of fused-ring (bicyclic) bond motifs is 1. The number of nitrogens with zero attached hydrogens (tertiary/aromatic N) is 4. The molecule has 0 saturated carbocycles. The molecule has 0 atom stereocenters. The summed E-state index contributed by atoms with van der Waals surface area (Å²) < 4.78 is 5.08. The predicted octanol–water partition coefficient (Wildman–Crippen LogP) is 2.40. The molecule has 29 heavy (non-hydrogen) atoms. The maximum Gasteiger partial charge on any atom is 0.409 e. The first-order chi connectivity index (χ1) is 13.7. The Labute approximate surface area is 191 Å². The summed E-state index contributed by atoms with van der Waals surface area (Å²) in [6, 6.07) is 8.77. The number of benzene rings is 1. The molecule has 0 aliphatic carbocycles. The van der Waals surface area contributed by atoms with Crippen molar-refractivity contribution in [1.82, 2.24) is 20.0 Å². The van der Waals surface area contributed by atoms with Crippen LogP contribution in [0.25, 0.3) is 0 Å². The molecule has 7 nitrogen and oxygen atoms in total. The van der Waals surface area contributed by atoms with E-state index in [0.29, 0.717) is 19.7 Å². The SMILES string of the molecule is CCOC(=O)N1CCN(C(=NC)NCCCN2CCc3ccccc3C2)CC1.I. The van der Waals surface area contributed by atoms with Gasteiger partial charge in [-0.05, 0) is 30.9 Å². The van der Waals surface area contributed by atoms with Crippen molar-refractivity contribution in [2.24, 2.45) is 4.99 Å². The van der Waals surface area contributed by atoms with Gasteiger partial charge in [-0.25, -0.2) is 4.79 Å². The minimum absolute atomic E-state index is 0. The molecule has 3 rings (SSSR count). The lowest BCUT2D eigenvalue weighted by Gasteiger charge is -2.36. The van der Waals surface area contributed by atoms with Crippen molar-refractivity contribution in [3.8, 4) is 0 Å². The van der Waals surface area contributed by atoms with E-state index in [9.17, 15) is 4.79 Å². The summed E-state index contributed by atoms with van der Waals surface area (Å²) in [6.45, 7) is 9.36. The molecule has 1 saturated heterocycles. The highest BCUT2D eigenvalue weighted by molar-refractivity contribution is 14.0. The van der Waals surface area contributed by atoms with Crippen LogP contribution in [0, 0.1) is 0 Å². The zero-order valence-electron chi connectivity index (χ0n) is 17.6. The topological polar surface area (TPSA) is 60.4 Å². The first-order valence-corrected chi connectivity index (χ1v) is 10.4. The second-order valence-corrected chi connectivity index (χ2v) is 7.30. The summed E-state index contributed by atoms with van der Waals surface area (Å²) in [6.07, 6.45) is 2.02. The van der Waals surface area contributed by atoms with Crippen LogP contribution in [0.15, 0.2) is 29.3 Å². The third kappa shape index (κ3) is 6.74. The smallest absolute Gasteiger partial charge is 0.409 e. The van der Waals surface area contributed by atoms with Gasteiger partial charge in [0.2, 0.25) is 0 Å². The van der Waals surface area contributed by atoms with Crippen LogP contribution in [-0.4, -0.2) is 86.2 Å². The molecule has 1 fully saturated rings. The second-order valence-electron chi connectivity index (χ2n) is 7.30. The molecule has 0 bridgehead atoms. The summed E-state index contributed by atoms with van der Waals surface area (Å²) in [4.78, 5) is 22.7. The Balaban J connectivity index is 0.00000300. The monoisotopic (exact) mass is 515 g/mol. The number of hydrogen-bond donors (Lipinski definition) is 1. The number of piperazine rings is 1. The quantitative estimate of drug-likeness (QED) is 0.283. The average molecular weight is 515 g/mol. The summed E-state index contributed by atoms with van der Waals surface area (Å²) >= 11 is 0. The van der Waals surface area contributed by atoms with Crippen molar-refractivity contribution in [2.75, 3.05) is 59.5 Å². The minimum atomic E-state index is -0.215. The first-order valence-electron chi connectivity index (χ1n) is 10.4. The van der Waals surface area contributed by atoms with Crippen LogP contribution < -0.4 is 5.32 Å². The van der Waals surface area contributed by atoms with Crippen LogP contribution in [0.4, 0.5) is 4.79 Å². The zero-order valence-corrected chi connectivity index (χ0v) is 19.9. The van der Waals surface area contributed by atoms with E-state index in [-0.39, 0.29) is 30.1 Å². The molecule has 1 N–H and O–H groups in total. The maximum atomic E-state index is 11.8. The van der Waals surface area contributed by atoms with Crippen LogP contribution in [0.3, 0.4) is 0 Å². The van der Waals surface area contributed by atoms with Crippen molar-refractivity contribution in [2.45, 2.75) is 26.3 Å². The number of guanidine groups is 1. The van der Waals surface area contributed by atoms with E-state index in [1.807, 2.05) is 14.0 Å². The molecule has 1 aromatic rings. The van der Waals surface area contributed by atoms with E-state index in [2.05, 4.69) is 44.4 Å². The number of halogens is 1. The third-order valence-electron chi connectivity index (χ3n) is 5.46. The number of ether oxygens (including phenoxy) is 1. The fourth-order valence-electron chi connectivity index (χ4n) is 3.90. The van der Waals surface area contributed by atoms with Gasteiger partial charge in [-0.2, -0.15) is 0 Å². The Bertz CT molecular complexity index is 677. The van der Waals surface area contributed by atoms with Crippen molar-refractivity contribution in [3.05, 3.63) is 35.4 Å². The highest BCUT2D eigenvalue weighted by Gasteiger charge is 2.23. The zero-order chi connectivity index (χ0) is 19.8. The highest BCUT2D eigenvalue weighted by Crippen LogP contribution is 2.18. The summed E-state index contributed by atoms with van der Waals surface area (Å²) in [7, 11) is 1.82. The largest absolute Gasteiger partial charge is 0.450 e. The maximum absolute atomic E-state index is 11.8. The molecule has 0 spiro atoms. The predicted molar refractivity (Wildman–Crippen MR) is 127 cm³/mol. The second kappa shape index (κ2) is 12.2. The Morgan fingerprint density at radius 3 is 2.48 bits per heavy atom. The lowest BCUT2D eigenvalue weighted by Crippen LogP contribution is -2.54. The van der Waals surface area contributed by atoms with Gasteiger partial charge < -0.3 is 19.9 Å². The van der Waals surface area contributed by atoms with Gasteiger partial charge in [0.05, 0.1) is 6.61 Å². The van der Waals surface area contributed by atoms with E-state index >= 15 is 0 Å². The highest BCUT2D eigenvalue weighted by atomic mass is 127. The van der Waals surface area contributed by atoms with Crippen LogP contribution >= 0.6 is 24.0 Å². The molecule has 0 aromatic heterocycles. The molecule has 1 amide bonds. The molecular formula is C21H34IN5O2. The molecular weight excluding hydrogens is 481 g/mol. The lowest BCUT2D eigenvalue weighted by molar-refractivity contribution is 0.0914. The van der Waals surface area contributed by atoms with Crippen LogP contribution in [0.2, 0.25) is 0 Å². The molecule has 1 aromatic carbocycles. The Morgan fingerprint density at radius 1 is 1.10 bits per heavy atom. The number of aliphatic imine (C=N–C) groups is 1. The van der Waals surface area contributed by atoms with Gasteiger partial charge in [-0.1, -0.05) is 24.3 Å². The standard InChI is InChI=1S/C21H33N5O2.HI/c1-3-28-21(27)26-15-13-25(14-16-26)20(22-2)23-10-6-11-24-12-9-18-7-4-5-8-19(18)17-24;/h4-5,7-8H,3,6,9-17H2,1-2H3,(H,22,23);1H. The summed E-state index contributed by atoms with van der Waals surface area (Å²) in [5.74, 6) is 0.924. The molecule has 0 unspecified atom stereocenters. The van der Waals surface area contributed by atoms with E-state index in [4.69, 9.17) is 4.74 Å². The number of nitrogens with one attached hydrogen (secondary N) is 1. The first kappa shape index (κ1) is 23.7. The van der Waals surface area contributed by atoms with Gasteiger partial charge in [0.1, 0.15) is 0 Å². The third-order valence-corrected chi connectivity index (χ3v) is 5.46. The molecule has 8 heteroatoms. The van der Waals surface area contributed by atoms with Gasteiger partial charge in [-0.3, -0.25) is 9.89 Å². The van der Waals surface area contributed by atoms with Crippen LogP contribution in [0.5, 0.6) is 0 Å². The van der Waals surface area contributed by atoms with Gasteiger partial charge in [-0.15, -0.1) is 24.0 Å². The molecule has 2 aliphatic heterocycles. The summed E-state index contributed by atoms with van der Waals surface area (Å²) in [5, 5.41) is 3.48. The minimum Gasteiger partial charge on any atom is -0.450 e. The number of rotatable bonds is 5. The summed E-state index contributed by atoms with van der Waals surface area (Å²) in [5.41, 5.74) is 2.97. The average Bonchev–Trinajstić information content (AvgIpc) is 2.74. The van der Waals surface area contributed by atoms with Crippen LogP contribution in [-0.2, 0) is 17.7 Å². The molecule has 162 valence electrons. The fraction of sp³-hybridized carbons (Fsp3) is 0.619. The lowest BCUT2D eigenvalue weighted by atomic mass is 10.00. The van der Waals surface area contributed by atoms with Crippen molar-refractivity contribution in [1.29, 1.82) is 0 Å². The Kier molecular flexibility index (Phi) is 9.99. The van der Waals surface area contributed by atoms with E-state index in [0.717, 1.165) is 58.1 Å². The van der Waals surface area contributed by atoms with Crippen molar-refractivity contribution < 1.29 is 9.53 Å².